The predicted octanol–water partition coefficient (Wildman–Crippen LogP) is 1.79. The van der Waals surface area contributed by atoms with Gasteiger partial charge < -0.3 is 10.0 Å². The molecule has 0 aromatic carbocycles. The van der Waals surface area contributed by atoms with E-state index in [9.17, 15) is 5.11 Å². The van der Waals surface area contributed by atoms with Gasteiger partial charge in [-0.3, -0.25) is 0 Å². The van der Waals surface area contributed by atoms with E-state index < -0.39 is 0 Å². The largest absolute Gasteiger partial charge is 0.395 e. The lowest BCUT2D eigenvalue weighted by atomic mass is 9.94. The van der Waals surface area contributed by atoms with E-state index in [2.05, 4.69) is 20.9 Å². The summed E-state index contributed by atoms with van der Waals surface area (Å²) in [5, 5.41) is 18.3. The second kappa shape index (κ2) is 6.48. The summed E-state index contributed by atoms with van der Waals surface area (Å²) in [6, 6.07) is 4.13. The van der Waals surface area contributed by atoms with E-state index in [1.54, 1.807) is 6.07 Å². The average molecular weight is 260 g/mol. The van der Waals surface area contributed by atoms with Gasteiger partial charge in [-0.05, 0) is 25.8 Å². The van der Waals surface area contributed by atoms with E-state index in [1.165, 1.54) is 19.3 Å². The van der Waals surface area contributed by atoms with Gasteiger partial charge >= 0.3 is 0 Å². The first-order valence-corrected chi connectivity index (χ1v) is 6.88. The molecule has 19 heavy (non-hydrogen) atoms. The van der Waals surface area contributed by atoms with E-state index in [-0.39, 0.29) is 6.61 Å². The van der Waals surface area contributed by atoms with E-state index in [1.807, 2.05) is 6.92 Å². The Hall–Kier alpha value is -1.67. The van der Waals surface area contributed by atoms with Gasteiger partial charge in [0.25, 0.3) is 0 Å². The Morgan fingerprint density at radius 2 is 2.11 bits per heavy atom. The highest BCUT2D eigenvalue weighted by atomic mass is 16.3. The average Bonchev–Trinajstić information content (AvgIpc) is 2.45. The third-order valence-electron chi connectivity index (χ3n) is 3.57. The van der Waals surface area contributed by atoms with Crippen LogP contribution in [0, 0.1) is 18.3 Å². The molecule has 1 fully saturated rings. The molecule has 0 atom stereocenters. The monoisotopic (exact) mass is 260 g/mol. The van der Waals surface area contributed by atoms with Crippen molar-refractivity contribution in [3.8, 4) is 6.07 Å². The molecule has 0 radical (unpaired) electrons. The summed E-state index contributed by atoms with van der Waals surface area (Å²) < 4.78 is 0. The fourth-order valence-corrected chi connectivity index (χ4v) is 2.68. The number of hydrogen-bond acceptors (Lipinski definition) is 5. The van der Waals surface area contributed by atoms with Gasteiger partial charge in [0.05, 0.1) is 6.61 Å². The molecule has 1 saturated carbocycles. The number of aromatic nitrogens is 2. The minimum Gasteiger partial charge on any atom is -0.395 e. The fraction of sp³-hybridized carbons (Fsp3) is 0.643. The molecule has 1 heterocycles. The molecule has 1 aromatic heterocycles. The summed E-state index contributed by atoms with van der Waals surface area (Å²) in [7, 11) is 0. The number of aliphatic hydroxyl groups excluding tert-OH is 1. The molecule has 0 unspecified atom stereocenters. The van der Waals surface area contributed by atoms with Gasteiger partial charge in [0.2, 0.25) is 5.95 Å². The Labute approximate surface area is 113 Å². The van der Waals surface area contributed by atoms with Crippen molar-refractivity contribution in [2.24, 2.45) is 0 Å². The molecule has 1 aliphatic rings. The maximum atomic E-state index is 9.26. The Balaban J connectivity index is 2.27. The van der Waals surface area contributed by atoms with Crippen LogP contribution in [0.3, 0.4) is 0 Å². The summed E-state index contributed by atoms with van der Waals surface area (Å²) in [5.74, 6) is 0.581. The minimum absolute atomic E-state index is 0.0791. The van der Waals surface area contributed by atoms with Crippen molar-refractivity contribution >= 4 is 5.95 Å². The molecule has 0 bridgehead atoms. The first kappa shape index (κ1) is 13.8. The lowest BCUT2D eigenvalue weighted by Crippen LogP contribution is -2.40. The summed E-state index contributed by atoms with van der Waals surface area (Å²) in [6.45, 7) is 2.47. The SMILES string of the molecule is Cc1cc(C#N)nc(N(CCO)C2CCCCC2)n1. The first-order chi connectivity index (χ1) is 9.24. The standard InChI is InChI=1S/C14H20N4O/c1-11-9-12(10-15)17-14(16-11)18(7-8-19)13-5-3-2-4-6-13/h9,13,19H,2-8H2,1H3. The van der Waals surface area contributed by atoms with Crippen LogP contribution >= 0.6 is 0 Å². The first-order valence-electron chi connectivity index (χ1n) is 6.88. The van der Waals surface area contributed by atoms with Gasteiger partial charge in [0.1, 0.15) is 11.8 Å². The predicted molar refractivity (Wildman–Crippen MR) is 72.8 cm³/mol. The van der Waals surface area contributed by atoms with Crippen LogP contribution in [0.1, 0.15) is 43.5 Å². The number of aliphatic hydroxyl groups is 1. The molecular formula is C14H20N4O. The molecule has 1 aliphatic carbocycles. The normalized spacial score (nSPS) is 16.1. The van der Waals surface area contributed by atoms with Crippen molar-refractivity contribution in [3.63, 3.8) is 0 Å². The number of nitrogens with zero attached hydrogens (tertiary/aromatic N) is 4. The zero-order chi connectivity index (χ0) is 13.7. The Bertz CT molecular complexity index is 463. The van der Waals surface area contributed by atoms with Gasteiger partial charge in [-0.15, -0.1) is 0 Å². The highest BCUT2D eigenvalue weighted by Crippen LogP contribution is 2.25. The Kier molecular flexibility index (Phi) is 4.69. The summed E-state index contributed by atoms with van der Waals surface area (Å²) >= 11 is 0. The minimum atomic E-state index is 0.0791. The molecule has 102 valence electrons. The van der Waals surface area contributed by atoms with Crippen LogP contribution in [-0.4, -0.2) is 34.3 Å². The number of anilines is 1. The van der Waals surface area contributed by atoms with Crippen LogP contribution in [0.15, 0.2) is 6.07 Å². The molecule has 0 amide bonds. The number of aryl methyl sites for hydroxylation is 1. The van der Waals surface area contributed by atoms with E-state index >= 15 is 0 Å². The van der Waals surface area contributed by atoms with Crippen LogP contribution in [-0.2, 0) is 0 Å². The molecule has 2 rings (SSSR count). The summed E-state index contributed by atoms with van der Waals surface area (Å²) in [5.41, 5.74) is 1.18. The number of hydrogen-bond donors (Lipinski definition) is 1. The summed E-state index contributed by atoms with van der Waals surface area (Å²) in [4.78, 5) is 10.8. The van der Waals surface area contributed by atoms with E-state index in [0.717, 1.165) is 18.5 Å². The van der Waals surface area contributed by atoms with Crippen LogP contribution in [0.2, 0.25) is 0 Å². The van der Waals surface area contributed by atoms with Crippen molar-refractivity contribution in [1.82, 2.24) is 9.97 Å². The van der Waals surface area contributed by atoms with E-state index in [4.69, 9.17) is 5.26 Å². The number of nitriles is 1. The van der Waals surface area contributed by atoms with Crippen molar-refractivity contribution < 1.29 is 5.11 Å². The van der Waals surface area contributed by atoms with Crippen molar-refractivity contribution in [2.45, 2.75) is 45.1 Å². The van der Waals surface area contributed by atoms with Gasteiger partial charge in [-0.25, -0.2) is 9.97 Å². The quantitative estimate of drug-likeness (QED) is 0.893. The van der Waals surface area contributed by atoms with Gasteiger partial charge in [-0.2, -0.15) is 5.26 Å². The Morgan fingerprint density at radius 1 is 1.37 bits per heavy atom. The molecule has 1 N–H and O–H groups in total. The van der Waals surface area contributed by atoms with Crippen LogP contribution in [0.5, 0.6) is 0 Å². The zero-order valence-electron chi connectivity index (χ0n) is 11.3. The molecule has 0 aliphatic heterocycles. The molecule has 0 spiro atoms. The van der Waals surface area contributed by atoms with Crippen LogP contribution < -0.4 is 4.90 Å². The zero-order valence-corrected chi connectivity index (χ0v) is 11.3. The van der Waals surface area contributed by atoms with Gasteiger partial charge in [0.15, 0.2) is 0 Å². The molecule has 5 nitrogen and oxygen atoms in total. The van der Waals surface area contributed by atoms with Gasteiger partial charge in [-0.1, -0.05) is 19.3 Å². The van der Waals surface area contributed by atoms with Crippen LogP contribution in [0.25, 0.3) is 0 Å². The lowest BCUT2D eigenvalue weighted by Gasteiger charge is -2.34. The maximum Gasteiger partial charge on any atom is 0.227 e. The maximum absolute atomic E-state index is 9.26. The van der Waals surface area contributed by atoms with Crippen molar-refractivity contribution in [1.29, 1.82) is 5.26 Å². The lowest BCUT2D eigenvalue weighted by molar-refractivity contribution is 0.288. The van der Waals surface area contributed by atoms with Crippen molar-refractivity contribution in [3.05, 3.63) is 17.5 Å². The molecule has 0 saturated heterocycles. The van der Waals surface area contributed by atoms with E-state index in [0.29, 0.717) is 24.2 Å². The molecular weight excluding hydrogens is 240 g/mol. The fourth-order valence-electron chi connectivity index (χ4n) is 2.68. The molecule has 5 heteroatoms. The topological polar surface area (TPSA) is 73.0 Å². The number of rotatable bonds is 4. The summed E-state index contributed by atoms with van der Waals surface area (Å²) in [6.07, 6.45) is 5.92. The highest BCUT2D eigenvalue weighted by Gasteiger charge is 2.23. The second-order valence-electron chi connectivity index (χ2n) is 5.02. The Morgan fingerprint density at radius 3 is 2.74 bits per heavy atom. The third kappa shape index (κ3) is 3.42. The second-order valence-corrected chi connectivity index (χ2v) is 5.02. The van der Waals surface area contributed by atoms with Crippen molar-refractivity contribution in [2.75, 3.05) is 18.1 Å². The molecule has 1 aromatic rings. The smallest absolute Gasteiger partial charge is 0.227 e. The van der Waals surface area contributed by atoms with Crippen LogP contribution in [0.4, 0.5) is 5.95 Å². The third-order valence-corrected chi connectivity index (χ3v) is 3.57. The van der Waals surface area contributed by atoms with Gasteiger partial charge in [0, 0.05) is 18.3 Å². The highest BCUT2D eigenvalue weighted by molar-refractivity contribution is 5.37.